The molecule has 134 valence electrons. The minimum absolute atomic E-state index is 0.0244. The maximum absolute atomic E-state index is 12.4. The highest BCUT2D eigenvalue weighted by molar-refractivity contribution is 7.91. The van der Waals surface area contributed by atoms with Crippen molar-refractivity contribution in [2.45, 2.75) is 25.3 Å². The Kier molecular flexibility index (Phi) is 5.04. The van der Waals surface area contributed by atoms with Crippen molar-refractivity contribution in [3.63, 3.8) is 0 Å². The SMILES string of the molecule is O=C(Nc1cc(Cl)ccc1Cl)C1=NN([C@H]2CCS(=O)(=O)C2)C(=O)CC1. The van der Waals surface area contributed by atoms with Gasteiger partial charge in [-0.1, -0.05) is 23.2 Å². The van der Waals surface area contributed by atoms with E-state index in [0.29, 0.717) is 22.2 Å². The molecule has 2 amide bonds. The smallest absolute Gasteiger partial charge is 0.271 e. The molecule has 1 aromatic carbocycles. The van der Waals surface area contributed by atoms with Crippen LogP contribution >= 0.6 is 23.2 Å². The van der Waals surface area contributed by atoms with E-state index in [1.807, 2.05) is 0 Å². The highest BCUT2D eigenvalue weighted by atomic mass is 35.5. The lowest BCUT2D eigenvalue weighted by molar-refractivity contribution is -0.133. The third-order valence-electron chi connectivity index (χ3n) is 4.05. The molecule has 0 radical (unpaired) electrons. The predicted octanol–water partition coefficient (Wildman–Crippen LogP) is 2.10. The van der Waals surface area contributed by atoms with Crippen molar-refractivity contribution in [3.05, 3.63) is 28.2 Å². The predicted molar refractivity (Wildman–Crippen MR) is 95.7 cm³/mol. The minimum atomic E-state index is -3.16. The van der Waals surface area contributed by atoms with Crippen LogP contribution in [0.2, 0.25) is 10.0 Å². The fourth-order valence-electron chi connectivity index (χ4n) is 2.78. The van der Waals surface area contributed by atoms with E-state index in [2.05, 4.69) is 10.4 Å². The molecule has 0 unspecified atom stereocenters. The van der Waals surface area contributed by atoms with E-state index >= 15 is 0 Å². The van der Waals surface area contributed by atoms with Crippen molar-refractivity contribution >= 4 is 56.3 Å². The lowest BCUT2D eigenvalue weighted by Crippen LogP contribution is -2.42. The minimum Gasteiger partial charge on any atom is -0.319 e. The highest BCUT2D eigenvalue weighted by Crippen LogP contribution is 2.26. The number of hydrogen-bond acceptors (Lipinski definition) is 5. The highest BCUT2D eigenvalue weighted by Gasteiger charge is 2.37. The standard InChI is InChI=1S/C15H15Cl2N3O4S/c16-9-1-2-11(17)13(7-9)18-15(22)12-3-4-14(21)20(19-12)10-5-6-25(23,24)8-10/h1-2,7,10H,3-6,8H2,(H,18,22)/t10-/m0/s1. The lowest BCUT2D eigenvalue weighted by atomic mass is 10.1. The Labute approximate surface area is 154 Å². The number of halogens is 2. The van der Waals surface area contributed by atoms with E-state index in [0.717, 1.165) is 5.01 Å². The zero-order valence-electron chi connectivity index (χ0n) is 13.0. The molecule has 2 aliphatic heterocycles. The van der Waals surface area contributed by atoms with E-state index in [1.165, 1.54) is 6.07 Å². The van der Waals surface area contributed by atoms with Crippen LogP contribution in [0, 0.1) is 0 Å². The summed E-state index contributed by atoms with van der Waals surface area (Å²) in [6.45, 7) is 0. The van der Waals surface area contributed by atoms with Crippen LogP contribution in [0.1, 0.15) is 19.3 Å². The topological polar surface area (TPSA) is 95.9 Å². The van der Waals surface area contributed by atoms with E-state index in [-0.39, 0.29) is 36.0 Å². The molecule has 0 bridgehead atoms. The summed E-state index contributed by atoms with van der Waals surface area (Å²) in [5.74, 6) is -0.879. The second-order valence-electron chi connectivity index (χ2n) is 5.92. The summed E-state index contributed by atoms with van der Waals surface area (Å²) < 4.78 is 23.2. The monoisotopic (exact) mass is 403 g/mol. The fraction of sp³-hybridized carbons (Fsp3) is 0.400. The molecule has 7 nitrogen and oxygen atoms in total. The molecule has 2 heterocycles. The van der Waals surface area contributed by atoms with Gasteiger partial charge in [-0.15, -0.1) is 0 Å². The summed E-state index contributed by atoms with van der Waals surface area (Å²) in [6, 6.07) is 4.15. The van der Waals surface area contributed by atoms with Gasteiger partial charge in [0.15, 0.2) is 9.84 Å². The van der Waals surface area contributed by atoms with Crippen LogP contribution in [0.4, 0.5) is 5.69 Å². The van der Waals surface area contributed by atoms with Crippen LogP contribution in [0.15, 0.2) is 23.3 Å². The number of sulfone groups is 1. The van der Waals surface area contributed by atoms with Gasteiger partial charge in [0.25, 0.3) is 5.91 Å². The number of hydrogen-bond donors (Lipinski definition) is 1. The molecular formula is C15H15Cl2N3O4S. The number of hydrazone groups is 1. The Morgan fingerprint density at radius 1 is 1.28 bits per heavy atom. The van der Waals surface area contributed by atoms with Gasteiger partial charge in [0.05, 0.1) is 28.3 Å². The summed E-state index contributed by atoms with van der Waals surface area (Å²) in [5, 5.41) is 8.61. The Hall–Kier alpha value is -1.64. The molecule has 1 N–H and O–H groups in total. The van der Waals surface area contributed by atoms with Crippen molar-refractivity contribution in [1.82, 2.24) is 5.01 Å². The zero-order valence-corrected chi connectivity index (χ0v) is 15.4. The van der Waals surface area contributed by atoms with Crippen LogP contribution < -0.4 is 5.32 Å². The lowest BCUT2D eigenvalue weighted by Gasteiger charge is -2.27. The van der Waals surface area contributed by atoms with Crippen LogP contribution in [-0.4, -0.2) is 48.5 Å². The summed E-state index contributed by atoms with van der Waals surface area (Å²) >= 11 is 11.9. The van der Waals surface area contributed by atoms with E-state index < -0.39 is 21.8 Å². The van der Waals surface area contributed by atoms with Crippen LogP contribution in [0.3, 0.4) is 0 Å². The Morgan fingerprint density at radius 3 is 2.72 bits per heavy atom. The van der Waals surface area contributed by atoms with Crippen LogP contribution in [0.5, 0.6) is 0 Å². The third kappa shape index (κ3) is 4.13. The molecule has 10 heteroatoms. The average molecular weight is 404 g/mol. The molecule has 1 saturated heterocycles. The van der Waals surface area contributed by atoms with Crippen molar-refractivity contribution in [3.8, 4) is 0 Å². The van der Waals surface area contributed by atoms with Gasteiger partial charge in [-0.25, -0.2) is 13.4 Å². The Balaban J connectivity index is 1.79. The van der Waals surface area contributed by atoms with Gasteiger partial charge in [0.2, 0.25) is 5.91 Å². The normalized spacial score (nSPS) is 22.6. The van der Waals surface area contributed by atoms with Crippen molar-refractivity contribution in [1.29, 1.82) is 0 Å². The number of nitrogens with one attached hydrogen (secondary N) is 1. The largest absolute Gasteiger partial charge is 0.319 e. The van der Waals surface area contributed by atoms with E-state index in [9.17, 15) is 18.0 Å². The van der Waals surface area contributed by atoms with Crippen molar-refractivity contribution in [2.24, 2.45) is 5.10 Å². The fourth-order valence-corrected chi connectivity index (χ4v) is 4.80. The maximum Gasteiger partial charge on any atom is 0.271 e. The molecule has 0 saturated carbocycles. The first-order valence-corrected chi connectivity index (χ1v) is 10.2. The summed E-state index contributed by atoms with van der Waals surface area (Å²) in [6.07, 6.45) is 0.609. The van der Waals surface area contributed by atoms with Crippen LogP contribution in [-0.2, 0) is 19.4 Å². The second kappa shape index (κ2) is 6.93. The molecule has 0 spiro atoms. The Morgan fingerprint density at radius 2 is 2.04 bits per heavy atom. The van der Waals surface area contributed by atoms with Crippen molar-refractivity contribution < 1.29 is 18.0 Å². The molecule has 1 aromatic rings. The molecule has 0 aromatic heterocycles. The number of rotatable bonds is 3. The molecule has 25 heavy (non-hydrogen) atoms. The number of nitrogens with zero attached hydrogens (tertiary/aromatic N) is 2. The Bertz CT molecular complexity index is 870. The first kappa shape index (κ1) is 18.2. The van der Waals surface area contributed by atoms with Gasteiger partial charge in [-0.3, -0.25) is 9.59 Å². The molecule has 0 aliphatic carbocycles. The summed E-state index contributed by atoms with van der Waals surface area (Å²) in [4.78, 5) is 24.5. The summed E-state index contributed by atoms with van der Waals surface area (Å²) in [5.41, 5.74) is 0.494. The maximum atomic E-state index is 12.4. The van der Waals surface area contributed by atoms with Gasteiger partial charge < -0.3 is 5.32 Å². The van der Waals surface area contributed by atoms with Gasteiger partial charge in [0, 0.05) is 17.9 Å². The number of carbonyl (C=O) groups excluding carboxylic acids is 2. The van der Waals surface area contributed by atoms with Gasteiger partial charge >= 0.3 is 0 Å². The first-order chi connectivity index (χ1) is 11.7. The third-order valence-corrected chi connectivity index (χ3v) is 6.37. The van der Waals surface area contributed by atoms with E-state index in [1.54, 1.807) is 12.1 Å². The molecule has 1 fully saturated rings. The summed E-state index contributed by atoms with van der Waals surface area (Å²) in [7, 11) is -3.16. The van der Waals surface area contributed by atoms with Gasteiger partial charge in [-0.2, -0.15) is 5.10 Å². The quantitative estimate of drug-likeness (QED) is 0.835. The van der Waals surface area contributed by atoms with Crippen molar-refractivity contribution in [2.75, 3.05) is 16.8 Å². The average Bonchev–Trinajstić information content (AvgIpc) is 2.91. The molecule has 1 atom stereocenters. The van der Waals surface area contributed by atoms with Crippen LogP contribution in [0.25, 0.3) is 0 Å². The number of benzene rings is 1. The molecule has 2 aliphatic rings. The number of carbonyl (C=O) groups is 2. The second-order valence-corrected chi connectivity index (χ2v) is 8.99. The first-order valence-electron chi connectivity index (χ1n) is 7.61. The molecular weight excluding hydrogens is 389 g/mol. The number of anilines is 1. The zero-order chi connectivity index (χ0) is 18.2. The van der Waals surface area contributed by atoms with E-state index in [4.69, 9.17) is 23.2 Å². The number of amides is 2. The molecule has 3 rings (SSSR count). The van der Waals surface area contributed by atoms with Gasteiger partial charge in [0.1, 0.15) is 5.71 Å². The van der Waals surface area contributed by atoms with Gasteiger partial charge in [-0.05, 0) is 24.6 Å².